The van der Waals surface area contributed by atoms with Gasteiger partial charge < -0.3 is 9.64 Å². The maximum atomic E-state index is 13.7. The van der Waals surface area contributed by atoms with E-state index >= 15 is 0 Å². The van der Waals surface area contributed by atoms with Crippen LogP contribution in [-0.2, 0) is 9.53 Å². The van der Waals surface area contributed by atoms with Gasteiger partial charge in [0.25, 0.3) is 11.8 Å². The van der Waals surface area contributed by atoms with Gasteiger partial charge in [-0.3, -0.25) is 9.59 Å². The van der Waals surface area contributed by atoms with Crippen molar-refractivity contribution in [1.82, 2.24) is 9.91 Å². The number of rotatable bonds is 8. The van der Waals surface area contributed by atoms with Gasteiger partial charge in [0.15, 0.2) is 0 Å². The number of methoxy groups -OCH3 is 1. The number of thiophene rings is 2. The summed E-state index contributed by atoms with van der Waals surface area (Å²) in [6, 6.07) is 13.1. The van der Waals surface area contributed by atoms with Crippen molar-refractivity contribution in [3.8, 4) is 0 Å². The van der Waals surface area contributed by atoms with Crippen LogP contribution in [0.5, 0.6) is 0 Å². The van der Waals surface area contributed by atoms with E-state index in [0.717, 1.165) is 15.5 Å². The number of hydrogen-bond donors (Lipinski definition) is 0. The van der Waals surface area contributed by atoms with Crippen LogP contribution in [0.15, 0.2) is 64.4 Å². The molecule has 1 unspecified atom stereocenters. The molecule has 0 fully saturated rings. The van der Waals surface area contributed by atoms with Crippen LogP contribution >= 0.6 is 22.7 Å². The lowest BCUT2D eigenvalue weighted by Gasteiger charge is -2.26. The minimum Gasteiger partial charge on any atom is -0.383 e. The maximum Gasteiger partial charge on any atom is 0.262 e. The molecule has 0 N–H and O–H groups in total. The Morgan fingerprint density at radius 2 is 2.00 bits per heavy atom. The van der Waals surface area contributed by atoms with Crippen LogP contribution in [-0.4, -0.2) is 54.2 Å². The predicted molar refractivity (Wildman–Crippen MR) is 124 cm³/mol. The summed E-state index contributed by atoms with van der Waals surface area (Å²) in [5.41, 5.74) is 1.04. The molecule has 0 aliphatic carbocycles. The highest BCUT2D eigenvalue weighted by Crippen LogP contribution is 2.36. The summed E-state index contributed by atoms with van der Waals surface area (Å²) < 4.78 is 18.8. The Labute approximate surface area is 193 Å². The standard InChI is InChI=1S/C23H22FN3O3S2/c1-30-10-9-26(23(29)16-5-2-6-17(24)13-16)15-22(28)27-19(21-8-4-12-32-21)14-18(25-27)20-7-3-11-31-20/h2-8,11-13,19H,9-10,14-15H2,1H3. The van der Waals surface area contributed by atoms with Crippen LogP contribution in [0.3, 0.4) is 0 Å². The SMILES string of the molecule is COCCN(CC(=O)N1N=C(c2cccs2)CC1c1cccs1)C(=O)c1cccc(F)c1. The zero-order valence-electron chi connectivity index (χ0n) is 17.4. The second kappa shape index (κ2) is 10.2. The number of amides is 2. The van der Waals surface area contributed by atoms with Gasteiger partial charge in [-0.05, 0) is 41.1 Å². The van der Waals surface area contributed by atoms with Crippen LogP contribution in [0, 0.1) is 5.82 Å². The van der Waals surface area contributed by atoms with Gasteiger partial charge in [0.1, 0.15) is 12.4 Å². The van der Waals surface area contributed by atoms with Gasteiger partial charge in [-0.25, -0.2) is 9.40 Å². The highest BCUT2D eigenvalue weighted by molar-refractivity contribution is 7.12. The van der Waals surface area contributed by atoms with Gasteiger partial charge in [0, 0.05) is 30.5 Å². The molecule has 0 bridgehead atoms. The average molecular weight is 472 g/mol. The lowest BCUT2D eigenvalue weighted by Crippen LogP contribution is -2.42. The van der Waals surface area contributed by atoms with E-state index in [1.54, 1.807) is 22.7 Å². The lowest BCUT2D eigenvalue weighted by atomic mass is 10.1. The van der Waals surface area contributed by atoms with E-state index in [4.69, 9.17) is 4.74 Å². The number of halogens is 1. The third kappa shape index (κ3) is 4.95. The molecule has 0 saturated carbocycles. The molecule has 0 saturated heterocycles. The molecular weight excluding hydrogens is 449 g/mol. The largest absolute Gasteiger partial charge is 0.383 e. The van der Waals surface area contributed by atoms with Crippen molar-refractivity contribution >= 4 is 40.2 Å². The molecule has 1 aliphatic rings. The van der Waals surface area contributed by atoms with Crippen molar-refractivity contribution in [2.24, 2.45) is 5.10 Å². The summed E-state index contributed by atoms with van der Waals surface area (Å²) in [4.78, 5) is 29.8. The van der Waals surface area contributed by atoms with Crippen LogP contribution in [0.4, 0.5) is 4.39 Å². The third-order valence-electron chi connectivity index (χ3n) is 5.09. The van der Waals surface area contributed by atoms with Crippen molar-refractivity contribution < 1.29 is 18.7 Å². The fraction of sp³-hybridized carbons (Fsp3) is 0.261. The Balaban J connectivity index is 1.58. The topological polar surface area (TPSA) is 62.2 Å². The second-order valence-corrected chi connectivity index (χ2v) is 9.15. The first-order chi connectivity index (χ1) is 15.6. The van der Waals surface area contributed by atoms with Gasteiger partial charge in [-0.15, -0.1) is 22.7 Å². The van der Waals surface area contributed by atoms with Gasteiger partial charge in [-0.1, -0.05) is 18.2 Å². The molecule has 3 aromatic rings. The zero-order chi connectivity index (χ0) is 22.5. The summed E-state index contributed by atoms with van der Waals surface area (Å²) in [5, 5.41) is 10.1. The van der Waals surface area contributed by atoms with Gasteiger partial charge in [-0.2, -0.15) is 5.10 Å². The maximum absolute atomic E-state index is 13.7. The highest BCUT2D eigenvalue weighted by Gasteiger charge is 2.35. The first-order valence-electron chi connectivity index (χ1n) is 10.1. The molecular formula is C23H22FN3O3S2. The third-order valence-corrected chi connectivity index (χ3v) is 6.99. The van der Waals surface area contributed by atoms with Crippen molar-refractivity contribution in [1.29, 1.82) is 0 Å². The Morgan fingerprint density at radius 1 is 1.19 bits per heavy atom. The van der Waals surface area contributed by atoms with Crippen molar-refractivity contribution in [3.63, 3.8) is 0 Å². The van der Waals surface area contributed by atoms with E-state index in [1.165, 1.54) is 41.3 Å². The van der Waals surface area contributed by atoms with E-state index in [9.17, 15) is 14.0 Å². The monoisotopic (exact) mass is 471 g/mol. The van der Waals surface area contributed by atoms with Crippen LogP contribution in [0.25, 0.3) is 0 Å². The molecule has 166 valence electrons. The zero-order valence-corrected chi connectivity index (χ0v) is 19.1. The normalized spacial score (nSPS) is 15.6. The molecule has 2 amide bonds. The van der Waals surface area contributed by atoms with E-state index in [-0.39, 0.29) is 37.2 Å². The van der Waals surface area contributed by atoms with Gasteiger partial charge in [0.2, 0.25) is 0 Å². The lowest BCUT2D eigenvalue weighted by molar-refractivity contribution is -0.133. The molecule has 0 spiro atoms. The summed E-state index contributed by atoms with van der Waals surface area (Å²) in [5.74, 6) is -1.23. The quantitative estimate of drug-likeness (QED) is 0.489. The smallest absolute Gasteiger partial charge is 0.262 e. The highest BCUT2D eigenvalue weighted by atomic mass is 32.1. The van der Waals surface area contributed by atoms with Crippen LogP contribution in [0.2, 0.25) is 0 Å². The fourth-order valence-electron chi connectivity index (χ4n) is 3.53. The van der Waals surface area contributed by atoms with E-state index < -0.39 is 11.7 Å². The molecule has 9 heteroatoms. The molecule has 3 heterocycles. The Hall–Kier alpha value is -2.88. The van der Waals surface area contributed by atoms with E-state index in [1.807, 2.05) is 35.0 Å². The Morgan fingerprint density at radius 3 is 2.69 bits per heavy atom. The average Bonchev–Trinajstić information content (AvgIpc) is 3.56. The Kier molecular flexibility index (Phi) is 7.09. The summed E-state index contributed by atoms with van der Waals surface area (Å²) in [6.45, 7) is 0.283. The van der Waals surface area contributed by atoms with Crippen LogP contribution < -0.4 is 0 Å². The van der Waals surface area contributed by atoms with Gasteiger partial charge >= 0.3 is 0 Å². The Bertz CT molecular complexity index is 1100. The first-order valence-corrected chi connectivity index (χ1v) is 11.8. The second-order valence-electron chi connectivity index (χ2n) is 7.23. The molecule has 1 aliphatic heterocycles. The fourth-order valence-corrected chi connectivity index (χ4v) is 5.06. The number of carbonyl (C=O) groups excluding carboxylic acids is 2. The first kappa shape index (κ1) is 22.3. The molecule has 4 rings (SSSR count). The number of benzene rings is 1. The number of hydrogen-bond acceptors (Lipinski definition) is 6. The number of nitrogens with zero attached hydrogens (tertiary/aromatic N) is 3. The summed E-state index contributed by atoms with van der Waals surface area (Å²) in [7, 11) is 1.53. The summed E-state index contributed by atoms with van der Waals surface area (Å²) >= 11 is 3.15. The number of hydrazone groups is 1. The molecule has 0 radical (unpaired) electrons. The van der Waals surface area contributed by atoms with Crippen molar-refractivity contribution in [2.75, 3.05) is 26.8 Å². The predicted octanol–water partition coefficient (Wildman–Crippen LogP) is 4.42. The minimum atomic E-state index is -0.503. The summed E-state index contributed by atoms with van der Waals surface area (Å²) in [6.07, 6.45) is 0.614. The number of ether oxygens (including phenoxy) is 1. The molecule has 32 heavy (non-hydrogen) atoms. The molecule has 1 atom stereocenters. The van der Waals surface area contributed by atoms with E-state index in [0.29, 0.717) is 6.42 Å². The van der Waals surface area contributed by atoms with E-state index in [2.05, 4.69) is 5.10 Å². The molecule has 1 aromatic carbocycles. The van der Waals surface area contributed by atoms with Crippen LogP contribution in [0.1, 0.15) is 32.6 Å². The minimum absolute atomic E-state index is 0.179. The molecule has 2 aromatic heterocycles. The number of carbonyl (C=O) groups is 2. The van der Waals surface area contributed by atoms with Crippen molar-refractivity contribution in [3.05, 3.63) is 80.4 Å². The van der Waals surface area contributed by atoms with Crippen molar-refractivity contribution in [2.45, 2.75) is 12.5 Å². The molecule has 6 nitrogen and oxygen atoms in total. The van der Waals surface area contributed by atoms with Gasteiger partial charge in [0.05, 0.1) is 23.2 Å².